The van der Waals surface area contributed by atoms with Crippen molar-refractivity contribution in [1.82, 2.24) is 5.32 Å². The average Bonchev–Trinajstić information content (AvgIpc) is 3.03. The van der Waals surface area contributed by atoms with Crippen LogP contribution >= 0.6 is 34.3 Å². The molecular weight excluding hydrogens is 294 g/mol. The van der Waals surface area contributed by atoms with Gasteiger partial charge in [-0.1, -0.05) is 29.8 Å². The molecule has 0 aliphatic rings. The summed E-state index contributed by atoms with van der Waals surface area (Å²) in [6.45, 7) is 0. The monoisotopic (exact) mass is 307 g/mol. The Labute approximate surface area is 125 Å². The number of thiophene rings is 2. The number of halogens is 1. The molecule has 2 aromatic heterocycles. The molecule has 1 N–H and O–H groups in total. The average molecular weight is 308 g/mol. The fourth-order valence-electron chi connectivity index (χ4n) is 2.29. The van der Waals surface area contributed by atoms with Gasteiger partial charge in [0.1, 0.15) is 0 Å². The standard InChI is InChI=1S/C15H14ClNS2/c1-17-13(15-12(16)6-7-18-15)8-10-9-19-14-5-3-2-4-11(10)14/h2-7,9,13,17H,8H2,1H3. The Hall–Kier alpha value is -0.870. The molecule has 0 aliphatic carbocycles. The van der Waals surface area contributed by atoms with Gasteiger partial charge in [-0.05, 0) is 47.3 Å². The van der Waals surface area contributed by atoms with Gasteiger partial charge in [0.25, 0.3) is 0 Å². The molecule has 0 amide bonds. The second-order valence-electron chi connectivity index (χ2n) is 4.44. The van der Waals surface area contributed by atoms with Gasteiger partial charge >= 0.3 is 0 Å². The Bertz CT molecular complexity index is 686. The van der Waals surface area contributed by atoms with Gasteiger partial charge < -0.3 is 5.32 Å². The summed E-state index contributed by atoms with van der Waals surface area (Å²) in [5, 5.41) is 9.91. The SMILES string of the molecule is CNC(Cc1csc2ccccc12)c1sccc1Cl. The number of hydrogen-bond donors (Lipinski definition) is 1. The molecule has 1 aromatic carbocycles. The van der Waals surface area contributed by atoms with E-state index in [9.17, 15) is 0 Å². The molecule has 1 atom stereocenters. The van der Waals surface area contributed by atoms with Crippen molar-refractivity contribution in [2.75, 3.05) is 7.05 Å². The summed E-state index contributed by atoms with van der Waals surface area (Å²) in [6.07, 6.45) is 0.973. The highest BCUT2D eigenvalue weighted by molar-refractivity contribution is 7.17. The Morgan fingerprint density at radius 3 is 2.79 bits per heavy atom. The molecule has 0 bridgehead atoms. The van der Waals surface area contributed by atoms with Gasteiger partial charge in [-0.15, -0.1) is 22.7 Å². The topological polar surface area (TPSA) is 12.0 Å². The predicted molar refractivity (Wildman–Crippen MR) is 86.7 cm³/mol. The van der Waals surface area contributed by atoms with Crippen LogP contribution in [-0.2, 0) is 6.42 Å². The molecule has 3 rings (SSSR count). The number of rotatable bonds is 4. The second-order valence-corrected chi connectivity index (χ2v) is 6.70. The molecule has 0 saturated heterocycles. The lowest BCUT2D eigenvalue weighted by Gasteiger charge is -2.15. The Morgan fingerprint density at radius 2 is 2.05 bits per heavy atom. The van der Waals surface area contributed by atoms with Crippen LogP contribution in [0.2, 0.25) is 5.02 Å². The summed E-state index contributed by atoms with van der Waals surface area (Å²) in [6, 6.07) is 10.8. The van der Waals surface area contributed by atoms with Crippen LogP contribution in [0.25, 0.3) is 10.1 Å². The third-order valence-corrected chi connectivity index (χ3v) is 5.78. The highest BCUT2D eigenvalue weighted by atomic mass is 35.5. The highest BCUT2D eigenvalue weighted by Crippen LogP contribution is 2.34. The fourth-order valence-corrected chi connectivity index (χ4v) is 4.57. The van der Waals surface area contributed by atoms with Crippen LogP contribution in [0, 0.1) is 0 Å². The first-order chi connectivity index (χ1) is 9.29. The minimum Gasteiger partial charge on any atom is -0.312 e. The van der Waals surface area contributed by atoms with Crippen molar-refractivity contribution < 1.29 is 0 Å². The first kappa shape index (κ1) is 13.1. The van der Waals surface area contributed by atoms with Crippen LogP contribution in [0.3, 0.4) is 0 Å². The molecule has 1 nitrogen and oxygen atoms in total. The third kappa shape index (κ3) is 2.56. The van der Waals surface area contributed by atoms with Crippen molar-refractivity contribution in [3.63, 3.8) is 0 Å². The number of hydrogen-bond acceptors (Lipinski definition) is 3. The van der Waals surface area contributed by atoms with E-state index in [1.165, 1.54) is 20.5 Å². The number of fused-ring (bicyclic) bond motifs is 1. The van der Waals surface area contributed by atoms with Gasteiger partial charge in [0, 0.05) is 15.6 Å². The minimum absolute atomic E-state index is 0.283. The molecule has 0 saturated carbocycles. The van der Waals surface area contributed by atoms with Gasteiger partial charge in [0.05, 0.1) is 5.02 Å². The van der Waals surface area contributed by atoms with Gasteiger partial charge in [-0.25, -0.2) is 0 Å². The Balaban J connectivity index is 1.93. The summed E-state index contributed by atoms with van der Waals surface area (Å²) in [7, 11) is 2.00. The molecule has 0 spiro atoms. The van der Waals surface area contributed by atoms with Crippen LogP contribution in [-0.4, -0.2) is 7.05 Å². The van der Waals surface area contributed by atoms with Crippen molar-refractivity contribution in [1.29, 1.82) is 0 Å². The van der Waals surface area contributed by atoms with Crippen LogP contribution < -0.4 is 5.32 Å². The zero-order valence-electron chi connectivity index (χ0n) is 10.5. The molecular formula is C15H14ClNS2. The number of nitrogens with one attached hydrogen (secondary N) is 1. The van der Waals surface area contributed by atoms with Crippen molar-refractivity contribution in [3.05, 3.63) is 56.6 Å². The molecule has 0 aliphatic heterocycles. The zero-order valence-corrected chi connectivity index (χ0v) is 12.9. The minimum atomic E-state index is 0.283. The van der Waals surface area contributed by atoms with Gasteiger partial charge in [0.15, 0.2) is 0 Å². The van der Waals surface area contributed by atoms with E-state index < -0.39 is 0 Å². The van der Waals surface area contributed by atoms with E-state index in [0.717, 1.165) is 11.4 Å². The van der Waals surface area contributed by atoms with E-state index in [1.807, 2.05) is 29.8 Å². The maximum absolute atomic E-state index is 6.24. The van der Waals surface area contributed by atoms with E-state index in [0.29, 0.717) is 0 Å². The van der Waals surface area contributed by atoms with Crippen LogP contribution in [0.1, 0.15) is 16.5 Å². The Kier molecular flexibility index (Phi) is 3.89. The lowest BCUT2D eigenvalue weighted by Crippen LogP contribution is -2.17. The van der Waals surface area contributed by atoms with Crippen molar-refractivity contribution in [2.45, 2.75) is 12.5 Å². The third-order valence-electron chi connectivity index (χ3n) is 3.29. The summed E-state index contributed by atoms with van der Waals surface area (Å²) in [5.74, 6) is 0. The van der Waals surface area contributed by atoms with Crippen LogP contribution in [0.4, 0.5) is 0 Å². The lowest BCUT2D eigenvalue weighted by atomic mass is 10.0. The summed E-state index contributed by atoms with van der Waals surface area (Å²) in [4.78, 5) is 1.22. The lowest BCUT2D eigenvalue weighted by molar-refractivity contribution is 0.605. The molecule has 98 valence electrons. The number of benzene rings is 1. The second kappa shape index (κ2) is 5.63. The summed E-state index contributed by atoms with van der Waals surface area (Å²) in [5.41, 5.74) is 1.39. The van der Waals surface area contributed by atoms with Gasteiger partial charge in [-0.3, -0.25) is 0 Å². The predicted octanol–water partition coefficient (Wildman–Crippen LogP) is 5.12. The van der Waals surface area contributed by atoms with Crippen molar-refractivity contribution in [3.8, 4) is 0 Å². The first-order valence-electron chi connectivity index (χ1n) is 6.15. The molecule has 4 heteroatoms. The summed E-state index contributed by atoms with van der Waals surface area (Å²) >= 11 is 9.77. The van der Waals surface area contributed by atoms with E-state index >= 15 is 0 Å². The smallest absolute Gasteiger partial charge is 0.0561 e. The van der Waals surface area contributed by atoms with Crippen LogP contribution in [0.15, 0.2) is 41.1 Å². The molecule has 0 fully saturated rings. The van der Waals surface area contributed by atoms with Crippen molar-refractivity contribution in [2.24, 2.45) is 0 Å². The van der Waals surface area contributed by atoms with Crippen LogP contribution in [0.5, 0.6) is 0 Å². The molecule has 3 aromatic rings. The molecule has 19 heavy (non-hydrogen) atoms. The maximum atomic E-state index is 6.24. The van der Waals surface area contributed by atoms with Gasteiger partial charge in [0.2, 0.25) is 0 Å². The first-order valence-corrected chi connectivity index (χ1v) is 8.28. The molecule has 1 unspecified atom stereocenters. The van der Waals surface area contributed by atoms with E-state index in [-0.39, 0.29) is 6.04 Å². The van der Waals surface area contributed by atoms with E-state index in [1.54, 1.807) is 11.3 Å². The Morgan fingerprint density at radius 1 is 1.21 bits per heavy atom. The molecule has 0 radical (unpaired) electrons. The number of likely N-dealkylation sites (N-methyl/N-ethyl adjacent to an activating group) is 1. The molecule has 2 heterocycles. The van der Waals surface area contributed by atoms with Crippen molar-refractivity contribution >= 4 is 44.4 Å². The fraction of sp³-hybridized carbons (Fsp3) is 0.200. The van der Waals surface area contributed by atoms with E-state index in [2.05, 4.69) is 35.0 Å². The maximum Gasteiger partial charge on any atom is 0.0561 e. The highest BCUT2D eigenvalue weighted by Gasteiger charge is 2.16. The summed E-state index contributed by atoms with van der Waals surface area (Å²) < 4.78 is 1.35. The zero-order chi connectivity index (χ0) is 13.2. The van der Waals surface area contributed by atoms with Gasteiger partial charge in [-0.2, -0.15) is 0 Å². The normalized spacial score (nSPS) is 12.9. The largest absolute Gasteiger partial charge is 0.312 e. The van der Waals surface area contributed by atoms with E-state index in [4.69, 9.17) is 11.6 Å². The quantitative estimate of drug-likeness (QED) is 0.705.